The smallest absolute Gasteiger partial charge is 0.351 e. The zero-order valence-corrected chi connectivity index (χ0v) is 18.1. The summed E-state index contributed by atoms with van der Waals surface area (Å²) in [4.78, 5) is 24.8. The predicted octanol–water partition coefficient (Wildman–Crippen LogP) is 2.08. The molecule has 31 heavy (non-hydrogen) atoms. The van der Waals surface area contributed by atoms with Gasteiger partial charge in [-0.1, -0.05) is 12.1 Å². The third-order valence-electron chi connectivity index (χ3n) is 4.26. The standard InChI is InChI=1S/C21H24N2O7S/c1-13(2)23-31(26,27)16-10-8-15(9-11-16)22-20(24)14(3)29-21(25)19-12-28-17-6-4-5-7-18(17)30-19/h4-11,13-14,19,23H,12H2,1-3H3,(H,22,24)/t14-,19+/m0/s1. The van der Waals surface area contributed by atoms with Gasteiger partial charge in [0.25, 0.3) is 5.91 Å². The fourth-order valence-corrected chi connectivity index (χ4v) is 4.03. The molecule has 1 aliphatic heterocycles. The second-order valence-corrected chi connectivity index (χ2v) is 8.95. The van der Waals surface area contributed by atoms with Crippen LogP contribution in [0.1, 0.15) is 20.8 Å². The van der Waals surface area contributed by atoms with Gasteiger partial charge in [-0.15, -0.1) is 0 Å². The maximum atomic E-state index is 12.4. The van der Waals surface area contributed by atoms with Crippen molar-refractivity contribution < 1.29 is 32.2 Å². The van der Waals surface area contributed by atoms with Crippen LogP contribution in [0.4, 0.5) is 5.69 Å². The number of ether oxygens (including phenoxy) is 3. The first-order valence-electron chi connectivity index (χ1n) is 9.68. The van der Waals surface area contributed by atoms with Crippen molar-refractivity contribution in [3.8, 4) is 11.5 Å². The lowest BCUT2D eigenvalue weighted by Gasteiger charge is -2.25. The highest BCUT2D eigenvalue weighted by atomic mass is 32.2. The fourth-order valence-electron chi connectivity index (χ4n) is 2.78. The molecule has 2 aromatic rings. The second kappa shape index (κ2) is 9.36. The molecule has 0 saturated carbocycles. The highest BCUT2D eigenvalue weighted by Gasteiger charge is 2.31. The minimum absolute atomic E-state index is 0.0233. The molecule has 1 heterocycles. The molecule has 166 valence electrons. The molecule has 0 radical (unpaired) electrons. The monoisotopic (exact) mass is 448 g/mol. The zero-order chi connectivity index (χ0) is 22.6. The Morgan fingerprint density at radius 2 is 1.68 bits per heavy atom. The number of para-hydroxylation sites is 2. The lowest BCUT2D eigenvalue weighted by atomic mass is 10.2. The zero-order valence-electron chi connectivity index (χ0n) is 17.3. The summed E-state index contributed by atoms with van der Waals surface area (Å²) in [6.07, 6.45) is -2.08. The van der Waals surface area contributed by atoms with Gasteiger partial charge in [0, 0.05) is 11.7 Å². The predicted molar refractivity (Wildman–Crippen MR) is 112 cm³/mol. The minimum atomic E-state index is -3.63. The molecular weight excluding hydrogens is 424 g/mol. The van der Waals surface area contributed by atoms with Gasteiger partial charge >= 0.3 is 5.97 Å². The van der Waals surface area contributed by atoms with Crippen LogP contribution in [0, 0.1) is 0 Å². The van der Waals surface area contributed by atoms with Crippen molar-refractivity contribution in [3.05, 3.63) is 48.5 Å². The second-order valence-electron chi connectivity index (χ2n) is 7.23. The van der Waals surface area contributed by atoms with Crippen molar-refractivity contribution in [2.24, 2.45) is 0 Å². The van der Waals surface area contributed by atoms with E-state index >= 15 is 0 Å². The number of benzene rings is 2. The van der Waals surface area contributed by atoms with Gasteiger partial charge in [0.1, 0.15) is 6.61 Å². The van der Waals surface area contributed by atoms with E-state index in [2.05, 4.69) is 10.0 Å². The van der Waals surface area contributed by atoms with E-state index in [9.17, 15) is 18.0 Å². The number of carbonyl (C=O) groups is 2. The summed E-state index contributed by atoms with van der Waals surface area (Å²) < 4.78 is 43.0. The molecule has 0 saturated heterocycles. The first-order chi connectivity index (χ1) is 14.7. The van der Waals surface area contributed by atoms with Crippen LogP contribution in [0.15, 0.2) is 53.4 Å². The molecule has 3 rings (SSSR count). The SMILES string of the molecule is CC(C)NS(=O)(=O)c1ccc(NC(=O)[C@H](C)OC(=O)[C@H]2COc3ccccc3O2)cc1. The molecule has 1 amide bonds. The number of nitrogens with one attached hydrogen (secondary N) is 2. The van der Waals surface area contributed by atoms with Crippen molar-refractivity contribution in [2.45, 2.75) is 43.9 Å². The van der Waals surface area contributed by atoms with Crippen molar-refractivity contribution in [1.29, 1.82) is 0 Å². The van der Waals surface area contributed by atoms with Crippen LogP contribution in [0.3, 0.4) is 0 Å². The van der Waals surface area contributed by atoms with Crippen LogP contribution in [0.2, 0.25) is 0 Å². The van der Waals surface area contributed by atoms with Crippen molar-refractivity contribution in [3.63, 3.8) is 0 Å². The largest absolute Gasteiger partial charge is 0.485 e. The Labute approximate surface area is 180 Å². The van der Waals surface area contributed by atoms with Gasteiger partial charge in [0.15, 0.2) is 17.6 Å². The van der Waals surface area contributed by atoms with Crippen LogP contribution in [0.25, 0.3) is 0 Å². The van der Waals surface area contributed by atoms with E-state index in [-0.39, 0.29) is 17.5 Å². The molecule has 10 heteroatoms. The van der Waals surface area contributed by atoms with Crippen LogP contribution in [-0.2, 0) is 24.3 Å². The normalized spacial score (nSPS) is 16.5. The molecule has 2 N–H and O–H groups in total. The van der Waals surface area contributed by atoms with Crippen molar-refractivity contribution in [1.82, 2.24) is 4.72 Å². The molecule has 0 aromatic heterocycles. The third-order valence-corrected chi connectivity index (χ3v) is 5.93. The summed E-state index contributed by atoms with van der Waals surface area (Å²) >= 11 is 0. The molecule has 2 aromatic carbocycles. The van der Waals surface area contributed by atoms with E-state index in [1.165, 1.54) is 31.2 Å². The van der Waals surface area contributed by atoms with E-state index in [0.29, 0.717) is 17.2 Å². The minimum Gasteiger partial charge on any atom is -0.485 e. The molecule has 0 unspecified atom stereocenters. The van der Waals surface area contributed by atoms with Crippen molar-refractivity contribution >= 4 is 27.6 Å². The Hall–Kier alpha value is -3.11. The van der Waals surface area contributed by atoms with Gasteiger partial charge in [-0.25, -0.2) is 17.9 Å². The molecule has 9 nitrogen and oxygen atoms in total. The summed E-state index contributed by atoms with van der Waals surface area (Å²) in [7, 11) is -3.63. The maximum absolute atomic E-state index is 12.4. The quantitative estimate of drug-likeness (QED) is 0.622. The van der Waals surface area contributed by atoms with Gasteiger partial charge in [0.05, 0.1) is 4.90 Å². The Morgan fingerprint density at radius 3 is 2.32 bits per heavy atom. The van der Waals surface area contributed by atoms with Gasteiger partial charge in [-0.2, -0.15) is 0 Å². The van der Waals surface area contributed by atoms with E-state index in [1.54, 1.807) is 38.1 Å². The lowest BCUT2D eigenvalue weighted by Crippen LogP contribution is -2.41. The summed E-state index contributed by atoms with van der Waals surface area (Å²) in [5.74, 6) is -0.332. The Morgan fingerprint density at radius 1 is 1.03 bits per heavy atom. The number of sulfonamides is 1. The Bertz CT molecular complexity index is 1050. The molecule has 2 atom stereocenters. The van der Waals surface area contributed by atoms with E-state index in [4.69, 9.17) is 14.2 Å². The van der Waals surface area contributed by atoms with Gasteiger partial charge in [-0.05, 0) is 57.2 Å². The number of carbonyl (C=O) groups excluding carboxylic acids is 2. The van der Waals surface area contributed by atoms with E-state index in [0.717, 1.165) is 0 Å². The van der Waals surface area contributed by atoms with Crippen LogP contribution in [-0.4, -0.2) is 45.2 Å². The average Bonchev–Trinajstić information content (AvgIpc) is 2.72. The molecule has 1 aliphatic rings. The summed E-state index contributed by atoms with van der Waals surface area (Å²) in [5.41, 5.74) is 0.363. The Kier molecular flexibility index (Phi) is 6.81. The number of hydrogen-bond donors (Lipinski definition) is 2. The van der Waals surface area contributed by atoms with E-state index in [1.807, 2.05) is 0 Å². The van der Waals surface area contributed by atoms with Crippen LogP contribution < -0.4 is 19.5 Å². The Balaban J connectivity index is 1.55. The summed E-state index contributed by atoms with van der Waals surface area (Å²) in [6.45, 7) is 4.84. The topological polar surface area (TPSA) is 120 Å². The number of esters is 1. The van der Waals surface area contributed by atoms with Crippen LogP contribution in [0.5, 0.6) is 11.5 Å². The van der Waals surface area contributed by atoms with Crippen LogP contribution >= 0.6 is 0 Å². The number of rotatable bonds is 7. The first kappa shape index (κ1) is 22.6. The average molecular weight is 448 g/mol. The fraction of sp³-hybridized carbons (Fsp3) is 0.333. The first-order valence-corrected chi connectivity index (χ1v) is 11.2. The number of hydrogen-bond acceptors (Lipinski definition) is 7. The highest BCUT2D eigenvalue weighted by Crippen LogP contribution is 2.31. The maximum Gasteiger partial charge on any atom is 0.351 e. The lowest BCUT2D eigenvalue weighted by molar-refractivity contribution is -0.162. The van der Waals surface area contributed by atoms with Gasteiger partial charge < -0.3 is 19.5 Å². The summed E-state index contributed by atoms with van der Waals surface area (Å²) in [6, 6.07) is 12.4. The van der Waals surface area contributed by atoms with Crippen molar-refractivity contribution in [2.75, 3.05) is 11.9 Å². The number of fused-ring (bicyclic) bond motifs is 1. The van der Waals surface area contributed by atoms with Gasteiger partial charge in [0.2, 0.25) is 16.1 Å². The molecule has 0 bridgehead atoms. The molecule has 0 aliphatic carbocycles. The van der Waals surface area contributed by atoms with Gasteiger partial charge in [-0.3, -0.25) is 4.79 Å². The van der Waals surface area contributed by atoms with E-state index < -0.39 is 34.1 Å². The number of anilines is 1. The number of amides is 1. The summed E-state index contributed by atoms with van der Waals surface area (Å²) in [5, 5.41) is 2.58. The molecule has 0 fully saturated rings. The highest BCUT2D eigenvalue weighted by molar-refractivity contribution is 7.89. The molecule has 0 spiro atoms. The molecular formula is C21H24N2O7S. The third kappa shape index (κ3) is 5.74.